The van der Waals surface area contributed by atoms with Crippen molar-refractivity contribution in [2.75, 3.05) is 13.1 Å². The van der Waals surface area contributed by atoms with Crippen LogP contribution in [0, 0.1) is 17.5 Å². The Labute approximate surface area is 465 Å². The molecule has 0 spiro atoms. The van der Waals surface area contributed by atoms with Gasteiger partial charge in [0.2, 0.25) is 11.8 Å². The third kappa shape index (κ3) is 13.5. The highest BCUT2D eigenvalue weighted by Gasteiger charge is 2.50. The zero-order chi connectivity index (χ0) is 60.1. The average molecular weight is 1180 g/mol. The number of carbonyl (C=O) groups is 2. The van der Waals surface area contributed by atoms with Crippen molar-refractivity contribution in [3.05, 3.63) is 224 Å². The summed E-state index contributed by atoms with van der Waals surface area (Å²) < 4.78 is 215. The van der Waals surface area contributed by atoms with Crippen LogP contribution >= 0.6 is 0 Å². The fourth-order valence-corrected chi connectivity index (χ4v) is 11.3. The van der Waals surface area contributed by atoms with Crippen LogP contribution in [0.1, 0.15) is 112 Å². The van der Waals surface area contributed by atoms with Gasteiger partial charge in [-0.3, -0.25) is 9.59 Å². The first kappa shape index (κ1) is 60.2. The van der Waals surface area contributed by atoms with Gasteiger partial charge in [-0.25, -0.2) is 13.2 Å². The molecule has 0 aliphatic carbocycles. The first-order chi connectivity index (χ1) is 38.9. The minimum atomic E-state index is -5.02. The fourth-order valence-electron chi connectivity index (χ4n) is 11.3. The number of nitrogens with zero attached hydrogens (tertiary/aromatic N) is 2. The summed E-state index contributed by atoms with van der Waals surface area (Å²) in [6.07, 6.45) is -20.5. The molecule has 6 aromatic rings. The number of benzene rings is 6. The maximum absolute atomic E-state index is 13.8. The van der Waals surface area contributed by atoms with Crippen molar-refractivity contribution in [3.8, 4) is 0 Å². The molecule has 0 bridgehead atoms. The smallest absolute Gasteiger partial charge is 0.392 e. The molecule has 83 heavy (non-hydrogen) atoms. The zero-order valence-electron chi connectivity index (χ0n) is 43.7. The molecule has 438 valence electrons. The Kier molecular flexibility index (Phi) is 16.9. The summed E-state index contributed by atoms with van der Waals surface area (Å²) in [6.45, 7) is 2.61. The lowest BCUT2D eigenvalue weighted by atomic mass is 9.83. The number of aliphatic hydroxyl groups excluding tert-OH is 1. The highest BCUT2D eigenvalue weighted by Crippen LogP contribution is 2.48. The molecule has 4 aliphatic heterocycles. The Morgan fingerprint density at radius 3 is 1.07 bits per heavy atom. The monoisotopic (exact) mass is 1170 g/mol. The predicted molar refractivity (Wildman–Crippen MR) is 273 cm³/mol. The van der Waals surface area contributed by atoms with E-state index in [1.54, 1.807) is 29.2 Å². The lowest BCUT2D eigenvalue weighted by Gasteiger charge is -2.33. The topological polar surface area (TPSA) is 79.3 Å². The minimum absolute atomic E-state index is 0.00811. The van der Waals surface area contributed by atoms with Crippen molar-refractivity contribution in [2.24, 2.45) is 0 Å². The lowest BCUT2D eigenvalue weighted by molar-refractivity contribution is -0.145. The molecule has 2 fully saturated rings. The second-order valence-electron chi connectivity index (χ2n) is 20.7. The third-order valence-corrected chi connectivity index (χ3v) is 15.4. The summed E-state index contributed by atoms with van der Waals surface area (Å²) >= 11 is 0. The van der Waals surface area contributed by atoms with Crippen LogP contribution in [0.3, 0.4) is 0 Å². The van der Waals surface area contributed by atoms with E-state index < -0.39 is 113 Å². The average Bonchev–Trinajstić information content (AvgIpc) is 2.29. The van der Waals surface area contributed by atoms with Crippen LogP contribution in [0.25, 0.3) is 11.1 Å². The van der Waals surface area contributed by atoms with Gasteiger partial charge < -0.3 is 24.4 Å². The number of hydrogen-bond acceptors (Lipinski definition) is 5. The van der Waals surface area contributed by atoms with E-state index in [4.69, 9.17) is 9.47 Å². The van der Waals surface area contributed by atoms with E-state index in [1.165, 1.54) is 104 Å². The summed E-state index contributed by atoms with van der Waals surface area (Å²) in [4.78, 5) is 29.6. The maximum Gasteiger partial charge on any atom is 0.416 e. The molecule has 8 atom stereocenters. The molecule has 1 N–H and O–H groups in total. The summed E-state index contributed by atoms with van der Waals surface area (Å²) in [5.41, 5.74) is -1.81. The highest BCUT2D eigenvalue weighted by atomic mass is 19.4. The lowest BCUT2D eigenvalue weighted by Crippen LogP contribution is -2.39. The molecule has 6 aromatic carbocycles. The summed E-state index contributed by atoms with van der Waals surface area (Å²) in [7, 11) is 0. The minimum Gasteiger partial charge on any atom is -0.392 e. The van der Waals surface area contributed by atoms with Gasteiger partial charge in [0.05, 0.1) is 53.3 Å². The number of rotatable bonds is 11. The van der Waals surface area contributed by atoms with Gasteiger partial charge in [-0.15, -0.1) is 0 Å². The number of hydrogen-bond donors (Lipinski definition) is 1. The first-order valence-electron chi connectivity index (χ1n) is 25.8. The number of halogens is 15. The number of fused-ring (bicyclic) bond motifs is 2. The molecule has 4 unspecified atom stereocenters. The van der Waals surface area contributed by atoms with E-state index in [1.807, 2.05) is 0 Å². The molecular formula is C61H49F15N2O5. The fraction of sp³-hybridized carbons (Fsp3) is 0.311. The van der Waals surface area contributed by atoms with E-state index in [9.17, 15) is 80.6 Å². The van der Waals surface area contributed by atoms with Crippen molar-refractivity contribution in [1.82, 2.24) is 9.80 Å². The molecule has 0 aromatic heterocycles. The normalized spacial score (nSPS) is 21.9. The van der Waals surface area contributed by atoms with E-state index in [2.05, 4.69) is 0 Å². The van der Waals surface area contributed by atoms with Crippen LogP contribution < -0.4 is 0 Å². The SMILES string of the molecule is C[C@@H](OC1CN2C(=O)C=C(c3ccc(CO)cc3)CC2[C@@H]1c1ccc(F)cc1)c1cc(C(F)(F)F)cc(C(F)(F)F)c1.C[C@@H](OC1CN2C(=O)C=C(c3ccc(F)cc3)CC2[C@@H]1c1ccc(F)cc1)c1cc(C(F)(F)F)cc(C(F)(F)F)c1. The summed E-state index contributed by atoms with van der Waals surface area (Å²) in [5, 5.41) is 9.35. The standard InChI is InChI=1S/C31H26F7NO3.C30H23F8NO2/c1-17(21-10-23(30(33,34)35)14-24(11-21)31(36,37)38)42-27-15-39-26(29(27)20-6-8-25(32)9-7-20)12-22(13-28(39)41)19-4-2-18(16-40)3-5-19;1-16(19-10-21(29(33,34)35)14-22(11-19)30(36,37)38)41-26-15-39-25(28(26)18-4-8-24(32)9-5-18)12-20(13-27(39)40)17-2-6-23(31)7-3-17/h2-11,13-14,17,26-27,29,40H,12,15-16H2,1H3;2-11,13-14,16,25-26,28H,12,15H2,1H3/t17-,26?,27?,29+;16-,25?,26?,28+/m11/s1. The van der Waals surface area contributed by atoms with Crippen LogP contribution in [0.5, 0.6) is 0 Å². The van der Waals surface area contributed by atoms with E-state index in [-0.39, 0.29) is 54.8 Å². The molecule has 22 heteroatoms. The Morgan fingerprint density at radius 1 is 0.470 bits per heavy atom. The molecule has 0 saturated carbocycles. The quantitative estimate of drug-likeness (QED) is 0.131. The molecule has 4 heterocycles. The number of alkyl halides is 12. The zero-order valence-corrected chi connectivity index (χ0v) is 43.7. The van der Waals surface area contributed by atoms with E-state index in [0.29, 0.717) is 64.9 Å². The van der Waals surface area contributed by atoms with Gasteiger partial charge in [0, 0.05) is 49.2 Å². The van der Waals surface area contributed by atoms with Crippen molar-refractivity contribution >= 4 is 23.0 Å². The summed E-state index contributed by atoms with van der Waals surface area (Å²) in [5.74, 6) is -3.28. The molecule has 0 radical (unpaired) electrons. The van der Waals surface area contributed by atoms with Crippen molar-refractivity contribution in [1.29, 1.82) is 0 Å². The second kappa shape index (κ2) is 23.3. The van der Waals surface area contributed by atoms with Gasteiger partial charge in [0.1, 0.15) is 17.5 Å². The van der Waals surface area contributed by atoms with Crippen molar-refractivity contribution < 1.29 is 90.0 Å². The molecule has 2 saturated heterocycles. The van der Waals surface area contributed by atoms with Gasteiger partial charge in [-0.05, 0) is 150 Å². The van der Waals surface area contributed by atoms with Crippen LogP contribution in [0.2, 0.25) is 0 Å². The van der Waals surface area contributed by atoms with Crippen molar-refractivity contribution in [2.45, 2.75) is 106 Å². The van der Waals surface area contributed by atoms with Gasteiger partial charge in [0.15, 0.2) is 0 Å². The van der Waals surface area contributed by atoms with E-state index >= 15 is 0 Å². The number of carbonyl (C=O) groups excluding carboxylic acids is 2. The van der Waals surface area contributed by atoms with Crippen molar-refractivity contribution in [3.63, 3.8) is 0 Å². The van der Waals surface area contributed by atoms with Crippen LogP contribution in [0.4, 0.5) is 65.9 Å². The second-order valence-corrected chi connectivity index (χ2v) is 20.7. The number of aliphatic hydroxyl groups is 1. The predicted octanol–water partition coefficient (Wildman–Crippen LogP) is 15.2. The molecule has 7 nitrogen and oxygen atoms in total. The number of ether oxygens (including phenoxy) is 2. The molecule has 2 amide bonds. The van der Waals surface area contributed by atoms with E-state index in [0.717, 1.165) is 11.1 Å². The molecule has 4 aliphatic rings. The van der Waals surface area contributed by atoms with Gasteiger partial charge in [0.25, 0.3) is 0 Å². The van der Waals surface area contributed by atoms with Gasteiger partial charge >= 0.3 is 24.7 Å². The van der Waals surface area contributed by atoms with Gasteiger partial charge in [-0.1, -0.05) is 60.7 Å². The Balaban J connectivity index is 0.000000200. The summed E-state index contributed by atoms with van der Waals surface area (Å²) in [6, 6.07) is 25.3. The molecule has 10 rings (SSSR count). The molecular weight excluding hydrogens is 1130 g/mol. The third-order valence-electron chi connectivity index (χ3n) is 15.4. The Hall–Kier alpha value is -7.43. The largest absolute Gasteiger partial charge is 0.416 e. The highest BCUT2D eigenvalue weighted by molar-refractivity contribution is 5.98. The maximum atomic E-state index is 13.8. The van der Waals surface area contributed by atoms with Crippen LogP contribution in [0.15, 0.2) is 146 Å². The number of amides is 2. The van der Waals surface area contributed by atoms with Crippen LogP contribution in [-0.4, -0.2) is 64.1 Å². The first-order valence-corrected chi connectivity index (χ1v) is 25.8. The van der Waals surface area contributed by atoms with Gasteiger partial charge in [-0.2, -0.15) is 52.7 Å². The Morgan fingerprint density at radius 2 is 0.771 bits per heavy atom. The van der Waals surface area contributed by atoms with Crippen LogP contribution in [-0.2, 0) is 50.4 Å². The Bertz CT molecular complexity index is 3330.